The first-order valence-corrected chi connectivity index (χ1v) is 8.00. The lowest BCUT2D eigenvalue weighted by molar-refractivity contribution is 0.0997. The van der Waals surface area contributed by atoms with Gasteiger partial charge in [-0.05, 0) is 37.3 Å². The van der Waals surface area contributed by atoms with Crippen LogP contribution in [0, 0.1) is 6.92 Å². The number of methoxy groups -OCH3 is 1. The van der Waals surface area contributed by atoms with Crippen molar-refractivity contribution in [3.8, 4) is 17.2 Å². The number of aromatic nitrogens is 1. The second-order valence-corrected chi connectivity index (χ2v) is 6.19. The Morgan fingerprint density at radius 2 is 2.17 bits per heavy atom. The van der Waals surface area contributed by atoms with E-state index in [-0.39, 0.29) is 11.7 Å². The summed E-state index contributed by atoms with van der Waals surface area (Å²) in [5.41, 5.74) is 1.28. The van der Waals surface area contributed by atoms with E-state index in [1.54, 1.807) is 30.3 Å². The summed E-state index contributed by atoms with van der Waals surface area (Å²) in [6, 6.07) is 8.35. The molecule has 23 heavy (non-hydrogen) atoms. The summed E-state index contributed by atoms with van der Waals surface area (Å²) in [5, 5.41) is 5.98. The number of nitrogens with one attached hydrogen (secondary N) is 1. The van der Waals surface area contributed by atoms with Gasteiger partial charge in [-0.1, -0.05) is 11.6 Å². The maximum Gasteiger partial charge on any atom is 0.291 e. The molecule has 0 radical (unpaired) electrons. The molecule has 0 aliphatic carbocycles. The molecule has 1 aromatic carbocycles. The van der Waals surface area contributed by atoms with E-state index in [4.69, 9.17) is 20.8 Å². The molecule has 3 rings (SSSR count). The molecular formula is C16H13ClN2O3S. The second-order valence-electron chi connectivity index (χ2n) is 4.72. The number of hydrogen-bond acceptors (Lipinski definition) is 5. The number of rotatable bonds is 4. The fourth-order valence-corrected chi connectivity index (χ4v) is 2.87. The molecule has 1 N–H and O–H groups in total. The van der Waals surface area contributed by atoms with Crippen molar-refractivity contribution in [3.05, 3.63) is 51.5 Å². The van der Waals surface area contributed by atoms with Crippen LogP contribution in [0.15, 0.2) is 40.1 Å². The van der Waals surface area contributed by atoms with E-state index in [0.29, 0.717) is 22.2 Å². The van der Waals surface area contributed by atoms with Gasteiger partial charge in [0.1, 0.15) is 11.4 Å². The Balaban J connectivity index is 1.76. The van der Waals surface area contributed by atoms with E-state index in [2.05, 4.69) is 10.3 Å². The Morgan fingerprint density at radius 3 is 2.83 bits per heavy atom. The lowest BCUT2D eigenvalue weighted by Gasteiger charge is -2.06. The number of benzene rings is 1. The lowest BCUT2D eigenvalue weighted by Crippen LogP contribution is -2.10. The van der Waals surface area contributed by atoms with Gasteiger partial charge in [-0.3, -0.25) is 4.79 Å². The van der Waals surface area contributed by atoms with Gasteiger partial charge in [0.25, 0.3) is 5.91 Å². The van der Waals surface area contributed by atoms with Gasteiger partial charge in [-0.25, -0.2) is 4.98 Å². The van der Waals surface area contributed by atoms with Crippen molar-refractivity contribution in [2.75, 3.05) is 12.4 Å². The third-order valence-corrected chi connectivity index (χ3v) is 4.18. The number of ether oxygens (including phenoxy) is 1. The highest BCUT2D eigenvalue weighted by Gasteiger charge is 2.14. The molecule has 0 aliphatic rings. The SMILES string of the molecule is COc1ccc(NC(=O)c2ccc(-c3csc(C)n3)o2)cc1Cl. The minimum absolute atomic E-state index is 0.206. The second kappa shape index (κ2) is 6.44. The molecule has 3 aromatic rings. The molecule has 118 valence electrons. The Hall–Kier alpha value is -2.31. The van der Waals surface area contributed by atoms with E-state index < -0.39 is 0 Å². The zero-order valence-electron chi connectivity index (χ0n) is 12.4. The monoisotopic (exact) mass is 348 g/mol. The number of hydrogen-bond donors (Lipinski definition) is 1. The summed E-state index contributed by atoms with van der Waals surface area (Å²) in [4.78, 5) is 16.6. The van der Waals surface area contributed by atoms with Gasteiger partial charge in [0, 0.05) is 11.1 Å². The molecule has 0 aliphatic heterocycles. The van der Waals surface area contributed by atoms with Gasteiger partial charge in [0.05, 0.1) is 17.1 Å². The Morgan fingerprint density at radius 1 is 1.35 bits per heavy atom. The molecule has 0 saturated heterocycles. The summed E-state index contributed by atoms with van der Waals surface area (Å²) in [7, 11) is 1.53. The molecule has 0 fully saturated rings. The Kier molecular flexibility index (Phi) is 4.36. The number of anilines is 1. The quantitative estimate of drug-likeness (QED) is 0.746. The normalized spacial score (nSPS) is 10.6. The van der Waals surface area contributed by atoms with Crippen LogP contribution in [-0.2, 0) is 0 Å². The third-order valence-electron chi connectivity index (χ3n) is 3.11. The minimum Gasteiger partial charge on any atom is -0.495 e. The molecule has 5 nitrogen and oxygen atoms in total. The number of amides is 1. The number of carbonyl (C=O) groups excluding carboxylic acids is 1. The van der Waals surface area contributed by atoms with Crippen LogP contribution in [0.4, 0.5) is 5.69 Å². The predicted octanol–water partition coefficient (Wildman–Crippen LogP) is 4.63. The number of halogens is 1. The number of nitrogens with zero attached hydrogens (tertiary/aromatic N) is 1. The van der Waals surface area contributed by atoms with Crippen molar-refractivity contribution in [3.63, 3.8) is 0 Å². The van der Waals surface area contributed by atoms with Gasteiger partial charge < -0.3 is 14.5 Å². The van der Waals surface area contributed by atoms with Gasteiger partial charge in [-0.15, -0.1) is 11.3 Å². The van der Waals surface area contributed by atoms with Gasteiger partial charge in [0.2, 0.25) is 0 Å². The van der Waals surface area contributed by atoms with Crippen LogP contribution in [-0.4, -0.2) is 18.0 Å². The first-order chi connectivity index (χ1) is 11.1. The number of carbonyl (C=O) groups is 1. The molecule has 0 spiro atoms. The topological polar surface area (TPSA) is 64.4 Å². The first-order valence-electron chi connectivity index (χ1n) is 6.74. The maximum absolute atomic E-state index is 12.2. The highest BCUT2D eigenvalue weighted by atomic mass is 35.5. The maximum atomic E-state index is 12.2. The zero-order chi connectivity index (χ0) is 16.4. The third kappa shape index (κ3) is 3.38. The number of furan rings is 1. The van der Waals surface area contributed by atoms with E-state index in [9.17, 15) is 4.79 Å². The minimum atomic E-state index is -0.357. The van der Waals surface area contributed by atoms with Crippen molar-refractivity contribution < 1.29 is 13.9 Å². The summed E-state index contributed by atoms with van der Waals surface area (Å²) in [6.45, 7) is 1.91. The lowest BCUT2D eigenvalue weighted by atomic mass is 10.3. The molecule has 1 amide bonds. The van der Waals surface area contributed by atoms with Crippen LogP contribution < -0.4 is 10.1 Å². The van der Waals surface area contributed by atoms with Crippen molar-refractivity contribution in [1.29, 1.82) is 0 Å². The highest BCUT2D eigenvalue weighted by Crippen LogP contribution is 2.28. The van der Waals surface area contributed by atoms with Gasteiger partial charge in [-0.2, -0.15) is 0 Å². The van der Waals surface area contributed by atoms with Crippen LogP contribution >= 0.6 is 22.9 Å². The van der Waals surface area contributed by atoms with Crippen LogP contribution in [0.1, 0.15) is 15.6 Å². The zero-order valence-corrected chi connectivity index (χ0v) is 14.0. The summed E-state index contributed by atoms with van der Waals surface area (Å²) in [5.74, 6) is 0.957. The number of aryl methyl sites for hydroxylation is 1. The molecular weight excluding hydrogens is 336 g/mol. The van der Waals surface area contributed by atoms with Crippen LogP contribution in [0.25, 0.3) is 11.5 Å². The van der Waals surface area contributed by atoms with Crippen molar-refractivity contribution >= 4 is 34.5 Å². The van der Waals surface area contributed by atoms with Crippen LogP contribution in [0.5, 0.6) is 5.75 Å². The summed E-state index contributed by atoms with van der Waals surface area (Å²) >= 11 is 7.57. The largest absolute Gasteiger partial charge is 0.495 e. The average Bonchev–Trinajstić information content (AvgIpc) is 3.16. The van der Waals surface area contributed by atoms with E-state index in [0.717, 1.165) is 10.7 Å². The highest BCUT2D eigenvalue weighted by molar-refractivity contribution is 7.09. The van der Waals surface area contributed by atoms with Crippen molar-refractivity contribution in [1.82, 2.24) is 4.98 Å². The van der Waals surface area contributed by atoms with Crippen LogP contribution in [0.2, 0.25) is 5.02 Å². The first kappa shape index (κ1) is 15.6. The molecule has 0 bridgehead atoms. The fourth-order valence-electron chi connectivity index (χ4n) is 2.01. The standard InChI is InChI=1S/C16H13ClN2O3S/c1-9-18-12(8-23-9)14-5-6-15(22-14)16(20)19-10-3-4-13(21-2)11(17)7-10/h3-8H,1-2H3,(H,19,20). The Labute approximate surface area is 141 Å². The Bertz CT molecular complexity index is 857. The molecule has 0 atom stereocenters. The smallest absolute Gasteiger partial charge is 0.291 e. The predicted molar refractivity (Wildman–Crippen MR) is 90.5 cm³/mol. The average molecular weight is 349 g/mol. The molecule has 0 saturated carbocycles. The van der Waals surface area contributed by atoms with E-state index in [1.807, 2.05) is 12.3 Å². The number of thiazole rings is 1. The van der Waals surface area contributed by atoms with Gasteiger partial charge in [0.15, 0.2) is 11.5 Å². The molecule has 0 unspecified atom stereocenters. The molecule has 2 aromatic heterocycles. The van der Waals surface area contributed by atoms with Crippen molar-refractivity contribution in [2.24, 2.45) is 0 Å². The molecule has 7 heteroatoms. The fraction of sp³-hybridized carbons (Fsp3) is 0.125. The van der Waals surface area contributed by atoms with E-state index in [1.165, 1.54) is 18.4 Å². The summed E-state index contributed by atoms with van der Waals surface area (Å²) in [6.07, 6.45) is 0. The van der Waals surface area contributed by atoms with E-state index >= 15 is 0 Å². The van der Waals surface area contributed by atoms with Crippen molar-refractivity contribution in [2.45, 2.75) is 6.92 Å². The van der Waals surface area contributed by atoms with Crippen LogP contribution in [0.3, 0.4) is 0 Å². The molecule has 2 heterocycles. The van der Waals surface area contributed by atoms with Gasteiger partial charge >= 0.3 is 0 Å². The summed E-state index contributed by atoms with van der Waals surface area (Å²) < 4.78 is 10.6.